The van der Waals surface area contributed by atoms with Crippen LogP contribution in [0.2, 0.25) is 5.02 Å². The fourth-order valence-corrected chi connectivity index (χ4v) is 3.66. The molecule has 2 rings (SSSR count). The monoisotopic (exact) mass is 380 g/mol. The second-order valence-electron chi connectivity index (χ2n) is 5.76. The minimum absolute atomic E-state index is 0.154. The van der Waals surface area contributed by atoms with Gasteiger partial charge in [-0.25, -0.2) is 8.42 Å². The number of hydrogen-bond donors (Lipinski definition) is 2. The van der Waals surface area contributed by atoms with Crippen LogP contribution >= 0.6 is 11.6 Å². The Morgan fingerprint density at radius 3 is 2.32 bits per heavy atom. The van der Waals surface area contributed by atoms with Gasteiger partial charge in [-0.1, -0.05) is 37.6 Å². The van der Waals surface area contributed by atoms with Crippen LogP contribution in [0.1, 0.15) is 42.1 Å². The fraction of sp³-hybridized carbons (Fsp3) is 0.278. The average Bonchev–Trinajstić information content (AvgIpc) is 2.62. The van der Waals surface area contributed by atoms with Gasteiger partial charge in [-0.15, -0.1) is 0 Å². The summed E-state index contributed by atoms with van der Waals surface area (Å²) in [6.45, 7) is 4.18. The van der Waals surface area contributed by atoms with Crippen LogP contribution in [0, 0.1) is 0 Å². The first-order chi connectivity index (χ1) is 11.8. The smallest absolute Gasteiger partial charge is 0.261 e. The molecule has 0 radical (unpaired) electrons. The lowest BCUT2D eigenvalue weighted by molar-refractivity contribution is 0.0963. The molecular formula is C18H21ClN2O3S. The molecule has 134 valence electrons. The highest BCUT2D eigenvalue weighted by atomic mass is 35.5. The highest BCUT2D eigenvalue weighted by molar-refractivity contribution is 7.92. The van der Waals surface area contributed by atoms with Crippen molar-refractivity contribution in [2.24, 2.45) is 0 Å². The molecule has 25 heavy (non-hydrogen) atoms. The van der Waals surface area contributed by atoms with E-state index in [4.69, 9.17) is 11.6 Å². The third-order valence-corrected chi connectivity index (χ3v) is 5.77. The van der Waals surface area contributed by atoms with Crippen LogP contribution in [0.15, 0.2) is 47.4 Å². The third-order valence-electron chi connectivity index (χ3n) is 4.07. The van der Waals surface area contributed by atoms with Gasteiger partial charge in [0, 0.05) is 12.6 Å². The van der Waals surface area contributed by atoms with Crippen molar-refractivity contribution < 1.29 is 13.2 Å². The number of carbonyl (C=O) groups excluding carboxylic acids is 1. The largest absolute Gasteiger partial charge is 0.355 e. The molecule has 2 N–H and O–H groups in total. The van der Waals surface area contributed by atoms with E-state index >= 15 is 0 Å². The van der Waals surface area contributed by atoms with E-state index in [-0.39, 0.29) is 21.5 Å². The number of nitrogens with one attached hydrogen (secondary N) is 2. The van der Waals surface area contributed by atoms with Crippen LogP contribution in [0.3, 0.4) is 0 Å². The molecule has 0 aliphatic rings. The maximum absolute atomic E-state index is 12.5. The molecule has 0 bridgehead atoms. The topological polar surface area (TPSA) is 75.3 Å². The van der Waals surface area contributed by atoms with Crippen LogP contribution in [-0.2, 0) is 10.0 Å². The Morgan fingerprint density at radius 2 is 1.80 bits per heavy atom. The molecule has 0 saturated carbocycles. The van der Waals surface area contributed by atoms with Crippen LogP contribution in [0.25, 0.3) is 0 Å². The van der Waals surface area contributed by atoms with Crippen molar-refractivity contribution in [2.75, 3.05) is 11.8 Å². The van der Waals surface area contributed by atoms with E-state index in [9.17, 15) is 13.2 Å². The Bertz CT molecular complexity index is 864. The summed E-state index contributed by atoms with van der Waals surface area (Å²) in [5.74, 6) is 0.0772. The van der Waals surface area contributed by atoms with E-state index in [1.807, 2.05) is 12.1 Å². The quantitative estimate of drug-likeness (QED) is 0.794. The maximum Gasteiger partial charge on any atom is 0.261 e. The second kappa shape index (κ2) is 7.89. The number of sulfonamides is 1. The van der Waals surface area contributed by atoms with Crippen molar-refractivity contribution in [3.05, 3.63) is 58.6 Å². The molecule has 1 atom stereocenters. The fourth-order valence-electron chi connectivity index (χ4n) is 2.30. The summed E-state index contributed by atoms with van der Waals surface area (Å²) in [6, 6.07) is 11.2. The number of benzene rings is 2. The third kappa shape index (κ3) is 4.52. The zero-order valence-corrected chi connectivity index (χ0v) is 15.9. The summed E-state index contributed by atoms with van der Waals surface area (Å²) >= 11 is 6.10. The predicted octanol–water partition coefficient (Wildman–Crippen LogP) is 4.01. The van der Waals surface area contributed by atoms with Gasteiger partial charge in [0.25, 0.3) is 15.9 Å². The molecule has 1 amide bonds. The molecular weight excluding hydrogens is 360 g/mol. The van der Waals surface area contributed by atoms with Gasteiger partial charge < -0.3 is 5.32 Å². The summed E-state index contributed by atoms with van der Waals surface area (Å²) in [7, 11) is -2.25. The van der Waals surface area contributed by atoms with E-state index < -0.39 is 10.0 Å². The van der Waals surface area contributed by atoms with Crippen LogP contribution < -0.4 is 10.0 Å². The standard InChI is InChI=1S/C18H21ClN2O3S/c1-4-12(2)13-5-8-15(9-6-13)25(23,24)21-17-10-7-14(11-16(17)19)18(22)20-3/h5-12,21H,4H2,1-3H3,(H,20,22). The van der Waals surface area contributed by atoms with Gasteiger partial charge in [-0.3, -0.25) is 9.52 Å². The van der Waals surface area contributed by atoms with E-state index in [1.54, 1.807) is 12.1 Å². The molecule has 0 aliphatic carbocycles. The van der Waals surface area contributed by atoms with Crippen molar-refractivity contribution >= 4 is 33.2 Å². The Balaban J connectivity index is 2.25. The molecule has 0 heterocycles. The van der Waals surface area contributed by atoms with E-state index in [2.05, 4.69) is 23.9 Å². The van der Waals surface area contributed by atoms with Gasteiger partial charge in [0.15, 0.2) is 0 Å². The van der Waals surface area contributed by atoms with Gasteiger partial charge in [0.2, 0.25) is 0 Å². The molecule has 0 aromatic heterocycles. The number of amides is 1. The van der Waals surface area contributed by atoms with Crippen molar-refractivity contribution in [3.8, 4) is 0 Å². The number of anilines is 1. The number of rotatable bonds is 6. The van der Waals surface area contributed by atoms with Gasteiger partial charge in [0.05, 0.1) is 15.6 Å². The second-order valence-corrected chi connectivity index (χ2v) is 7.85. The highest BCUT2D eigenvalue weighted by Crippen LogP contribution is 2.27. The summed E-state index contributed by atoms with van der Waals surface area (Å²) in [6.07, 6.45) is 0.984. The first kappa shape index (κ1) is 19.3. The van der Waals surface area contributed by atoms with Gasteiger partial charge in [-0.2, -0.15) is 0 Å². The Hall–Kier alpha value is -2.05. The minimum atomic E-state index is -3.76. The van der Waals surface area contributed by atoms with Crippen LogP contribution in [-0.4, -0.2) is 21.4 Å². The summed E-state index contributed by atoms with van der Waals surface area (Å²) < 4.78 is 27.5. The van der Waals surface area contributed by atoms with E-state index in [0.29, 0.717) is 11.5 Å². The van der Waals surface area contributed by atoms with E-state index in [1.165, 1.54) is 25.2 Å². The maximum atomic E-state index is 12.5. The molecule has 2 aromatic carbocycles. The van der Waals surface area contributed by atoms with Gasteiger partial charge in [0.1, 0.15) is 0 Å². The predicted molar refractivity (Wildman–Crippen MR) is 101 cm³/mol. The van der Waals surface area contributed by atoms with Crippen molar-refractivity contribution in [2.45, 2.75) is 31.1 Å². The lowest BCUT2D eigenvalue weighted by Gasteiger charge is -2.12. The molecule has 0 spiro atoms. The zero-order chi connectivity index (χ0) is 18.6. The molecule has 0 aliphatic heterocycles. The minimum Gasteiger partial charge on any atom is -0.355 e. The van der Waals surface area contributed by atoms with Crippen molar-refractivity contribution in [3.63, 3.8) is 0 Å². The lowest BCUT2D eigenvalue weighted by Crippen LogP contribution is -2.18. The molecule has 5 nitrogen and oxygen atoms in total. The Kier molecular flexibility index (Phi) is 6.08. The molecule has 1 unspecified atom stereocenters. The average molecular weight is 381 g/mol. The molecule has 7 heteroatoms. The zero-order valence-electron chi connectivity index (χ0n) is 14.3. The molecule has 0 fully saturated rings. The summed E-state index contributed by atoms with van der Waals surface area (Å²) in [4.78, 5) is 11.7. The van der Waals surface area contributed by atoms with Crippen molar-refractivity contribution in [1.82, 2.24) is 5.32 Å². The van der Waals surface area contributed by atoms with Crippen molar-refractivity contribution in [1.29, 1.82) is 0 Å². The Labute approximate surface area is 153 Å². The van der Waals surface area contributed by atoms with Crippen LogP contribution in [0.4, 0.5) is 5.69 Å². The van der Waals surface area contributed by atoms with E-state index in [0.717, 1.165) is 12.0 Å². The number of carbonyl (C=O) groups is 1. The molecule has 2 aromatic rings. The lowest BCUT2D eigenvalue weighted by atomic mass is 9.99. The number of halogens is 1. The summed E-state index contributed by atoms with van der Waals surface area (Å²) in [5, 5.41) is 2.64. The molecule has 0 saturated heterocycles. The first-order valence-corrected chi connectivity index (χ1v) is 9.79. The van der Waals surface area contributed by atoms with Gasteiger partial charge >= 0.3 is 0 Å². The highest BCUT2D eigenvalue weighted by Gasteiger charge is 2.17. The normalized spacial score (nSPS) is 12.5. The number of hydrogen-bond acceptors (Lipinski definition) is 3. The summed E-state index contributed by atoms with van der Waals surface area (Å²) in [5.41, 5.74) is 1.67. The van der Waals surface area contributed by atoms with Crippen LogP contribution in [0.5, 0.6) is 0 Å². The van der Waals surface area contributed by atoms with Gasteiger partial charge in [-0.05, 0) is 48.2 Å². The Morgan fingerprint density at radius 1 is 1.16 bits per heavy atom. The SMILES string of the molecule is CCC(C)c1ccc(S(=O)(=O)Nc2ccc(C(=O)NC)cc2Cl)cc1. The first-order valence-electron chi connectivity index (χ1n) is 7.93.